The van der Waals surface area contributed by atoms with E-state index < -0.39 is 5.82 Å². The number of hydrogen-bond donors (Lipinski definition) is 2. The SMILES string of the molecule is CCC1CCCCN1CC(=O)Nc1cc(F)ccc1N. The molecule has 1 aliphatic rings. The van der Waals surface area contributed by atoms with Crippen LogP contribution in [0.1, 0.15) is 32.6 Å². The van der Waals surface area contributed by atoms with Gasteiger partial charge in [-0.25, -0.2) is 4.39 Å². The Balaban J connectivity index is 1.96. The van der Waals surface area contributed by atoms with Gasteiger partial charge in [0, 0.05) is 6.04 Å². The van der Waals surface area contributed by atoms with E-state index in [0.717, 1.165) is 25.8 Å². The summed E-state index contributed by atoms with van der Waals surface area (Å²) in [6.07, 6.45) is 4.56. The van der Waals surface area contributed by atoms with Crippen molar-refractivity contribution in [1.82, 2.24) is 4.90 Å². The molecule has 1 aromatic rings. The van der Waals surface area contributed by atoms with Crippen molar-refractivity contribution < 1.29 is 9.18 Å². The van der Waals surface area contributed by atoms with E-state index >= 15 is 0 Å². The van der Waals surface area contributed by atoms with E-state index in [4.69, 9.17) is 5.73 Å². The maximum atomic E-state index is 13.2. The lowest BCUT2D eigenvalue weighted by Gasteiger charge is -2.34. The van der Waals surface area contributed by atoms with Gasteiger partial charge in [-0.2, -0.15) is 0 Å². The highest BCUT2D eigenvalue weighted by atomic mass is 19.1. The number of nitrogens with two attached hydrogens (primary N) is 1. The van der Waals surface area contributed by atoms with Gasteiger partial charge in [-0.15, -0.1) is 0 Å². The summed E-state index contributed by atoms with van der Waals surface area (Å²) in [4.78, 5) is 14.3. The Hall–Kier alpha value is -1.62. The summed E-state index contributed by atoms with van der Waals surface area (Å²) in [5.74, 6) is -0.540. The molecule has 2 rings (SSSR count). The highest BCUT2D eigenvalue weighted by Crippen LogP contribution is 2.21. The fourth-order valence-electron chi connectivity index (χ4n) is 2.74. The topological polar surface area (TPSA) is 58.4 Å². The number of nitrogens with one attached hydrogen (secondary N) is 1. The van der Waals surface area contributed by atoms with Gasteiger partial charge < -0.3 is 11.1 Å². The van der Waals surface area contributed by atoms with Crippen molar-refractivity contribution in [3.63, 3.8) is 0 Å². The summed E-state index contributed by atoms with van der Waals surface area (Å²) in [7, 11) is 0. The lowest BCUT2D eigenvalue weighted by atomic mass is 10.00. The van der Waals surface area contributed by atoms with E-state index in [1.54, 1.807) is 0 Å². The average molecular weight is 279 g/mol. The molecule has 1 aliphatic heterocycles. The summed E-state index contributed by atoms with van der Waals surface area (Å²) >= 11 is 0. The number of carbonyl (C=O) groups excluding carboxylic acids is 1. The molecule has 1 fully saturated rings. The van der Waals surface area contributed by atoms with Crippen LogP contribution < -0.4 is 11.1 Å². The van der Waals surface area contributed by atoms with Gasteiger partial charge in [-0.05, 0) is 44.0 Å². The molecule has 1 saturated heterocycles. The molecule has 5 heteroatoms. The van der Waals surface area contributed by atoms with Gasteiger partial charge in [0.15, 0.2) is 0 Å². The molecule has 0 aromatic heterocycles. The number of piperidine rings is 1. The lowest BCUT2D eigenvalue weighted by molar-refractivity contribution is -0.118. The number of nitrogen functional groups attached to an aromatic ring is 1. The number of amides is 1. The van der Waals surface area contributed by atoms with E-state index in [1.165, 1.54) is 24.6 Å². The van der Waals surface area contributed by atoms with E-state index in [1.807, 2.05) is 0 Å². The van der Waals surface area contributed by atoms with Crippen molar-refractivity contribution in [2.75, 3.05) is 24.1 Å². The summed E-state index contributed by atoms with van der Waals surface area (Å²) in [6.45, 7) is 3.43. The van der Waals surface area contributed by atoms with Crippen LogP contribution >= 0.6 is 0 Å². The van der Waals surface area contributed by atoms with Gasteiger partial charge in [-0.1, -0.05) is 13.3 Å². The monoisotopic (exact) mass is 279 g/mol. The van der Waals surface area contributed by atoms with Gasteiger partial charge in [0.2, 0.25) is 5.91 Å². The second-order valence-corrected chi connectivity index (χ2v) is 5.31. The molecule has 1 heterocycles. The number of nitrogens with zero attached hydrogens (tertiary/aromatic N) is 1. The number of rotatable bonds is 4. The largest absolute Gasteiger partial charge is 0.397 e. The zero-order valence-corrected chi connectivity index (χ0v) is 11.9. The third-order valence-electron chi connectivity index (χ3n) is 3.86. The molecule has 0 radical (unpaired) electrons. The van der Waals surface area contributed by atoms with Crippen LogP contribution in [-0.4, -0.2) is 29.9 Å². The summed E-state index contributed by atoms with van der Waals surface area (Å²) in [6, 6.07) is 4.46. The standard InChI is InChI=1S/C15H22FN3O/c1-2-12-5-3-4-8-19(12)10-15(20)18-14-9-11(16)6-7-13(14)17/h6-7,9,12H,2-5,8,10,17H2,1H3,(H,18,20). The van der Waals surface area contributed by atoms with Crippen molar-refractivity contribution >= 4 is 17.3 Å². The van der Waals surface area contributed by atoms with Crippen molar-refractivity contribution in [2.24, 2.45) is 0 Å². The third kappa shape index (κ3) is 3.70. The first kappa shape index (κ1) is 14.8. The number of benzene rings is 1. The molecular formula is C15H22FN3O. The molecule has 1 amide bonds. The average Bonchev–Trinajstić information content (AvgIpc) is 2.43. The van der Waals surface area contributed by atoms with Crippen LogP contribution in [0.4, 0.5) is 15.8 Å². The maximum absolute atomic E-state index is 13.2. The minimum Gasteiger partial charge on any atom is -0.397 e. The molecule has 110 valence electrons. The van der Waals surface area contributed by atoms with Gasteiger partial charge in [0.05, 0.1) is 17.9 Å². The van der Waals surface area contributed by atoms with Crippen LogP contribution in [0.3, 0.4) is 0 Å². The third-order valence-corrected chi connectivity index (χ3v) is 3.86. The molecule has 0 saturated carbocycles. The molecule has 4 nitrogen and oxygen atoms in total. The maximum Gasteiger partial charge on any atom is 0.238 e. The van der Waals surface area contributed by atoms with Crippen molar-refractivity contribution in [2.45, 2.75) is 38.6 Å². The second-order valence-electron chi connectivity index (χ2n) is 5.31. The smallest absolute Gasteiger partial charge is 0.238 e. The Kier molecular flexibility index (Phi) is 4.95. The fourth-order valence-corrected chi connectivity index (χ4v) is 2.74. The highest BCUT2D eigenvalue weighted by Gasteiger charge is 2.22. The number of carbonyl (C=O) groups is 1. The van der Waals surface area contributed by atoms with Gasteiger partial charge >= 0.3 is 0 Å². The highest BCUT2D eigenvalue weighted by molar-refractivity contribution is 5.95. The first-order chi connectivity index (χ1) is 9.60. The lowest BCUT2D eigenvalue weighted by Crippen LogP contribution is -2.43. The summed E-state index contributed by atoms with van der Waals surface area (Å²) in [5, 5.41) is 2.70. The minimum absolute atomic E-state index is 0.136. The van der Waals surface area contributed by atoms with E-state index in [-0.39, 0.29) is 5.91 Å². The van der Waals surface area contributed by atoms with E-state index in [2.05, 4.69) is 17.1 Å². The Labute approximate surface area is 119 Å². The molecule has 1 atom stereocenters. The predicted octanol–water partition coefficient (Wildman–Crippen LogP) is 2.61. The zero-order valence-electron chi connectivity index (χ0n) is 11.9. The molecule has 0 bridgehead atoms. The van der Waals surface area contributed by atoms with Crippen LogP contribution in [0, 0.1) is 5.82 Å². The van der Waals surface area contributed by atoms with Crippen LogP contribution in [-0.2, 0) is 4.79 Å². The number of likely N-dealkylation sites (tertiary alicyclic amines) is 1. The van der Waals surface area contributed by atoms with E-state index in [0.29, 0.717) is 24.0 Å². The number of halogens is 1. The Morgan fingerprint density at radius 3 is 3.05 bits per heavy atom. The van der Waals surface area contributed by atoms with Gasteiger partial charge in [0.1, 0.15) is 5.82 Å². The number of hydrogen-bond acceptors (Lipinski definition) is 3. The van der Waals surface area contributed by atoms with E-state index in [9.17, 15) is 9.18 Å². The molecule has 1 aromatic carbocycles. The van der Waals surface area contributed by atoms with Gasteiger partial charge in [-0.3, -0.25) is 9.69 Å². The molecule has 20 heavy (non-hydrogen) atoms. The van der Waals surface area contributed by atoms with Crippen LogP contribution in [0.15, 0.2) is 18.2 Å². The summed E-state index contributed by atoms with van der Waals surface area (Å²) in [5.41, 5.74) is 6.46. The number of anilines is 2. The zero-order chi connectivity index (χ0) is 14.5. The summed E-state index contributed by atoms with van der Waals surface area (Å²) < 4.78 is 13.2. The van der Waals surface area contributed by atoms with Gasteiger partial charge in [0.25, 0.3) is 0 Å². The van der Waals surface area contributed by atoms with Crippen LogP contribution in [0.5, 0.6) is 0 Å². The second kappa shape index (κ2) is 6.70. The first-order valence-electron chi connectivity index (χ1n) is 7.19. The minimum atomic E-state index is -0.404. The fraction of sp³-hybridized carbons (Fsp3) is 0.533. The Morgan fingerprint density at radius 1 is 1.50 bits per heavy atom. The molecule has 3 N–H and O–H groups in total. The van der Waals surface area contributed by atoms with Crippen molar-refractivity contribution in [3.8, 4) is 0 Å². The molecule has 0 spiro atoms. The normalized spacial score (nSPS) is 19.8. The molecule has 0 aliphatic carbocycles. The van der Waals surface area contributed by atoms with Crippen molar-refractivity contribution in [3.05, 3.63) is 24.0 Å². The molecular weight excluding hydrogens is 257 g/mol. The predicted molar refractivity (Wildman–Crippen MR) is 78.9 cm³/mol. The van der Waals surface area contributed by atoms with Crippen LogP contribution in [0.2, 0.25) is 0 Å². The van der Waals surface area contributed by atoms with Crippen molar-refractivity contribution in [1.29, 1.82) is 0 Å². The Morgan fingerprint density at radius 2 is 2.30 bits per heavy atom. The Bertz CT molecular complexity index is 478. The molecule has 1 unspecified atom stereocenters. The quantitative estimate of drug-likeness (QED) is 0.833. The van der Waals surface area contributed by atoms with Crippen LogP contribution in [0.25, 0.3) is 0 Å². The first-order valence-corrected chi connectivity index (χ1v) is 7.19.